The molecule has 1 aromatic rings. The fourth-order valence-electron chi connectivity index (χ4n) is 3.87. The van der Waals surface area contributed by atoms with E-state index in [9.17, 15) is 9.59 Å². The molecule has 3 rings (SSSR count). The zero-order chi connectivity index (χ0) is 16.4. The molecule has 3 N–H and O–H groups in total. The predicted octanol–water partition coefficient (Wildman–Crippen LogP) is -0.0204. The van der Waals surface area contributed by atoms with Crippen molar-refractivity contribution in [3.05, 3.63) is 18.0 Å². The van der Waals surface area contributed by atoms with Gasteiger partial charge in [-0.25, -0.2) is 0 Å². The van der Waals surface area contributed by atoms with Crippen LogP contribution in [0, 0.1) is 5.92 Å². The number of nitrogens with two attached hydrogens (primary N) is 1. The van der Waals surface area contributed by atoms with Gasteiger partial charge < -0.3 is 16.0 Å². The highest BCUT2D eigenvalue weighted by Gasteiger charge is 2.39. The molecule has 2 aliphatic rings. The van der Waals surface area contributed by atoms with Gasteiger partial charge in [0, 0.05) is 51.3 Å². The lowest BCUT2D eigenvalue weighted by atomic mass is 9.88. The lowest BCUT2D eigenvalue weighted by Crippen LogP contribution is -2.49. The van der Waals surface area contributed by atoms with E-state index in [1.807, 2.05) is 24.3 Å². The van der Waals surface area contributed by atoms with E-state index in [1.165, 1.54) is 0 Å². The Morgan fingerprint density at radius 3 is 2.91 bits per heavy atom. The number of carbonyl (C=O) groups excluding carboxylic acids is 2. The third-order valence-corrected chi connectivity index (χ3v) is 5.03. The Balaban J connectivity index is 1.75. The van der Waals surface area contributed by atoms with Crippen molar-refractivity contribution in [2.24, 2.45) is 18.7 Å². The monoisotopic (exact) mass is 319 g/mol. The van der Waals surface area contributed by atoms with Gasteiger partial charge in [-0.1, -0.05) is 0 Å². The first kappa shape index (κ1) is 16.0. The molecule has 0 bridgehead atoms. The maximum atomic E-state index is 13.1. The third-order valence-electron chi connectivity index (χ3n) is 5.03. The number of aryl methyl sites for hydroxylation is 1. The number of nitrogens with zero attached hydrogens (tertiary/aromatic N) is 3. The first-order valence-electron chi connectivity index (χ1n) is 8.34. The summed E-state index contributed by atoms with van der Waals surface area (Å²) in [7, 11) is 1.89. The zero-order valence-electron chi connectivity index (χ0n) is 13.6. The summed E-state index contributed by atoms with van der Waals surface area (Å²) in [6.45, 7) is 2.20. The van der Waals surface area contributed by atoms with Crippen LogP contribution >= 0.6 is 0 Å². The molecule has 0 radical (unpaired) electrons. The minimum absolute atomic E-state index is 0.0381. The highest BCUT2D eigenvalue weighted by Crippen LogP contribution is 2.31. The van der Waals surface area contributed by atoms with Crippen molar-refractivity contribution in [1.29, 1.82) is 0 Å². The second-order valence-electron chi connectivity index (χ2n) is 6.67. The fraction of sp³-hybridized carbons (Fsp3) is 0.688. The Morgan fingerprint density at radius 2 is 2.22 bits per heavy atom. The molecule has 2 amide bonds. The molecule has 7 nitrogen and oxygen atoms in total. The molecule has 0 saturated carbocycles. The molecule has 0 spiro atoms. The Bertz CT molecular complexity index is 585. The van der Waals surface area contributed by atoms with Crippen LogP contribution in [0.1, 0.15) is 37.2 Å². The molecule has 2 fully saturated rings. The molecule has 2 saturated heterocycles. The number of likely N-dealkylation sites (tertiary alicyclic amines) is 1. The van der Waals surface area contributed by atoms with Crippen LogP contribution in [0.4, 0.5) is 0 Å². The molecular weight excluding hydrogens is 294 g/mol. The van der Waals surface area contributed by atoms with E-state index < -0.39 is 0 Å². The van der Waals surface area contributed by atoms with Gasteiger partial charge in [0.25, 0.3) is 0 Å². The molecule has 0 aromatic carbocycles. The van der Waals surface area contributed by atoms with E-state index in [-0.39, 0.29) is 36.1 Å². The topological polar surface area (TPSA) is 93.3 Å². The van der Waals surface area contributed by atoms with Gasteiger partial charge >= 0.3 is 0 Å². The van der Waals surface area contributed by atoms with Crippen molar-refractivity contribution in [3.8, 4) is 0 Å². The molecule has 3 atom stereocenters. The lowest BCUT2D eigenvalue weighted by Gasteiger charge is -2.37. The summed E-state index contributed by atoms with van der Waals surface area (Å²) in [6.07, 6.45) is 7.01. The molecule has 23 heavy (non-hydrogen) atoms. The van der Waals surface area contributed by atoms with Gasteiger partial charge in [0.05, 0.1) is 12.1 Å². The summed E-state index contributed by atoms with van der Waals surface area (Å²) in [5, 5.41) is 7.55. The van der Waals surface area contributed by atoms with Gasteiger partial charge in [-0.2, -0.15) is 5.10 Å². The molecule has 3 heterocycles. The van der Waals surface area contributed by atoms with Gasteiger partial charge in [0.2, 0.25) is 11.8 Å². The van der Waals surface area contributed by atoms with Crippen LogP contribution in [0.5, 0.6) is 0 Å². The number of aromatic nitrogens is 2. The average molecular weight is 319 g/mol. The minimum Gasteiger partial charge on any atom is -0.370 e. The number of primary amides is 1. The highest BCUT2D eigenvalue weighted by atomic mass is 16.2. The second-order valence-corrected chi connectivity index (χ2v) is 6.67. The van der Waals surface area contributed by atoms with Crippen molar-refractivity contribution in [3.63, 3.8) is 0 Å². The zero-order valence-corrected chi connectivity index (χ0v) is 13.6. The smallest absolute Gasteiger partial charge is 0.227 e. The Morgan fingerprint density at radius 1 is 1.39 bits per heavy atom. The number of hydrogen-bond donors (Lipinski definition) is 2. The molecule has 1 aromatic heterocycles. The Kier molecular flexibility index (Phi) is 4.66. The quantitative estimate of drug-likeness (QED) is 0.815. The minimum atomic E-state index is -0.331. The van der Waals surface area contributed by atoms with Gasteiger partial charge in [0.1, 0.15) is 0 Å². The molecule has 1 unspecified atom stereocenters. The highest BCUT2D eigenvalue weighted by molar-refractivity contribution is 5.82. The predicted molar refractivity (Wildman–Crippen MR) is 85.5 cm³/mol. The van der Waals surface area contributed by atoms with Crippen molar-refractivity contribution >= 4 is 11.8 Å². The van der Waals surface area contributed by atoms with Crippen molar-refractivity contribution in [2.75, 3.05) is 19.6 Å². The van der Waals surface area contributed by atoms with E-state index in [4.69, 9.17) is 5.73 Å². The summed E-state index contributed by atoms with van der Waals surface area (Å²) in [6, 6.07) is -0.0381. The van der Waals surface area contributed by atoms with Crippen LogP contribution < -0.4 is 11.1 Å². The van der Waals surface area contributed by atoms with Crippen LogP contribution in [0.3, 0.4) is 0 Å². The van der Waals surface area contributed by atoms with Crippen LogP contribution in [0.15, 0.2) is 12.4 Å². The SMILES string of the molecule is Cn1cc([C@H]2CNC[C@@H]2C(=O)N2CCCCC2CC(N)=O)cn1. The van der Waals surface area contributed by atoms with Crippen LogP contribution in [-0.2, 0) is 16.6 Å². The maximum absolute atomic E-state index is 13.1. The van der Waals surface area contributed by atoms with Gasteiger partial charge in [0.15, 0.2) is 0 Å². The van der Waals surface area contributed by atoms with E-state index in [0.717, 1.165) is 37.9 Å². The largest absolute Gasteiger partial charge is 0.370 e. The number of hydrogen-bond acceptors (Lipinski definition) is 4. The first-order chi connectivity index (χ1) is 11.1. The number of nitrogens with one attached hydrogen (secondary N) is 1. The molecule has 0 aliphatic carbocycles. The number of piperidine rings is 1. The molecule has 126 valence electrons. The van der Waals surface area contributed by atoms with Crippen molar-refractivity contribution < 1.29 is 9.59 Å². The van der Waals surface area contributed by atoms with Gasteiger partial charge in [-0.05, 0) is 24.8 Å². The van der Waals surface area contributed by atoms with Crippen LogP contribution in [0.2, 0.25) is 0 Å². The van der Waals surface area contributed by atoms with E-state index in [0.29, 0.717) is 6.54 Å². The van der Waals surface area contributed by atoms with Crippen molar-refractivity contribution in [1.82, 2.24) is 20.0 Å². The second kappa shape index (κ2) is 6.70. The molecule has 7 heteroatoms. The number of amides is 2. The number of carbonyl (C=O) groups is 2. The molecular formula is C16H25N5O2. The third kappa shape index (κ3) is 3.39. The maximum Gasteiger partial charge on any atom is 0.227 e. The Hall–Kier alpha value is -1.89. The first-order valence-corrected chi connectivity index (χ1v) is 8.34. The van der Waals surface area contributed by atoms with Crippen LogP contribution in [-0.4, -0.2) is 52.2 Å². The lowest BCUT2D eigenvalue weighted by molar-refractivity contribution is -0.140. The van der Waals surface area contributed by atoms with Gasteiger partial charge in [-0.15, -0.1) is 0 Å². The van der Waals surface area contributed by atoms with Crippen molar-refractivity contribution in [2.45, 2.75) is 37.6 Å². The summed E-state index contributed by atoms with van der Waals surface area (Å²) in [4.78, 5) is 26.3. The van der Waals surface area contributed by atoms with E-state index >= 15 is 0 Å². The van der Waals surface area contributed by atoms with E-state index in [2.05, 4.69) is 10.4 Å². The molecule has 2 aliphatic heterocycles. The fourth-order valence-corrected chi connectivity index (χ4v) is 3.87. The summed E-state index contributed by atoms with van der Waals surface area (Å²) >= 11 is 0. The Labute approximate surface area is 136 Å². The van der Waals surface area contributed by atoms with E-state index in [1.54, 1.807) is 4.68 Å². The number of rotatable bonds is 4. The van der Waals surface area contributed by atoms with Crippen LogP contribution in [0.25, 0.3) is 0 Å². The average Bonchev–Trinajstić information content (AvgIpc) is 3.15. The summed E-state index contributed by atoms with van der Waals surface area (Å²) in [5.41, 5.74) is 6.46. The summed E-state index contributed by atoms with van der Waals surface area (Å²) in [5.74, 6) is -0.127. The summed E-state index contributed by atoms with van der Waals surface area (Å²) < 4.78 is 1.77. The van der Waals surface area contributed by atoms with Gasteiger partial charge in [-0.3, -0.25) is 14.3 Å². The normalized spacial score (nSPS) is 28.0. The standard InChI is InChI=1S/C16H25N5O2/c1-20-10-11(7-19-20)13-8-18-9-14(13)16(23)21-5-3-2-4-12(21)6-15(17)22/h7,10,12-14,18H,2-6,8-9H2,1H3,(H2,17,22)/t12?,13-,14+/m1/s1.